The monoisotopic (exact) mass is 419 g/mol. The standard InChI is InChI=1S/C22H33NO3SSi/c1-16(28(4,5)18-9-7-6-8-10-18)13-20(24)23-19-14-17-11-12-22(19,21(17,2)3)15-27(23,25)26/h6-10,16-17,19H,11-15H2,1-5H3/t16-,17+,19+,22+/m1/s1. The largest absolute Gasteiger partial charge is 0.274 e. The minimum absolute atomic E-state index is 0.00341. The van der Waals surface area contributed by atoms with Crippen LogP contribution in [0.4, 0.5) is 0 Å². The molecule has 1 aliphatic heterocycles. The lowest BCUT2D eigenvalue weighted by Gasteiger charge is -2.37. The lowest BCUT2D eigenvalue weighted by Crippen LogP contribution is -2.48. The van der Waals surface area contributed by atoms with Gasteiger partial charge in [-0.3, -0.25) is 4.79 Å². The summed E-state index contributed by atoms with van der Waals surface area (Å²) in [5.41, 5.74) is -0.0497. The van der Waals surface area contributed by atoms with E-state index in [4.69, 9.17) is 0 Å². The second kappa shape index (κ2) is 6.18. The summed E-state index contributed by atoms with van der Waals surface area (Å²) in [5.74, 6) is 0.526. The van der Waals surface area contributed by atoms with E-state index < -0.39 is 18.1 Å². The van der Waals surface area contributed by atoms with Gasteiger partial charge in [0.15, 0.2) is 0 Å². The van der Waals surface area contributed by atoms with Gasteiger partial charge < -0.3 is 0 Å². The molecule has 4 nitrogen and oxygen atoms in total. The number of hydrogen-bond donors (Lipinski definition) is 0. The summed E-state index contributed by atoms with van der Waals surface area (Å²) in [4.78, 5) is 13.3. The molecule has 6 heteroatoms. The summed E-state index contributed by atoms with van der Waals surface area (Å²) in [6.45, 7) is 11.1. The molecule has 28 heavy (non-hydrogen) atoms. The van der Waals surface area contributed by atoms with Crippen molar-refractivity contribution in [2.75, 3.05) is 5.75 Å². The average Bonchev–Trinajstić information content (AvgIpc) is 3.09. The van der Waals surface area contributed by atoms with Gasteiger partial charge in [0, 0.05) is 11.8 Å². The molecular weight excluding hydrogens is 386 g/mol. The van der Waals surface area contributed by atoms with E-state index in [2.05, 4.69) is 46.0 Å². The van der Waals surface area contributed by atoms with Crippen LogP contribution in [-0.2, 0) is 14.8 Å². The molecule has 2 aliphatic carbocycles. The Labute approximate surface area is 170 Å². The molecule has 0 aromatic heterocycles. The van der Waals surface area contributed by atoms with Crippen molar-refractivity contribution in [3.8, 4) is 0 Å². The van der Waals surface area contributed by atoms with Crippen LogP contribution in [0.3, 0.4) is 0 Å². The zero-order valence-electron chi connectivity index (χ0n) is 17.7. The molecule has 1 spiro atoms. The van der Waals surface area contributed by atoms with Crippen molar-refractivity contribution >= 4 is 29.2 Å². The van der Waals surface area contributed by atoms with E-state index in [1.54, 1.807) is 0 Å². The maximum absolute atomic E-state index is 13.3. The van der Waals surface area contributed by atoms with E-state index in [-0.39, 0.29) is 34.1 Å². The number of rotatable bonds is 4. The smallest absolute Gasteiger partial charge is 0.238 e. The van der Waals surface area contributed by atoms with Gasteiger partial charge in [0.2, 0.25) is 15.9 Å². The van der Waals surface area contributed by atoms with Crippen LogP contribution in [0.1, 0.15) is 46.5 Å². The molecule has 0 N–H and O–H groups in total. The summed E-state index contributed by atoms with van der Waals surface area (Å²) in [7, 11) is -5.38. The quantitative estimate of drug-likeness (QED) is 0.699. The second-order valence-corrected chi connectivity index (χ2v) is 17.4. The molecule has 4 atom stereocenters. The van der Waals surface area contributed by atoms with Gasteiger partial charge in [0.25, 0.3) is 0 Å². The number of fused-ring (bicyclic) bond motifs is 1. The van der Waals surface area contributed by atoms with Gasteiger partial charge in [0.1, 0.15) is 0 Å². The lowest BCUT2D eigenvalue weighted by atomic mass is 9.69. The fourth-order valence-corrected chi connectivity index (χ4v) is 11.2. The van der Waals surface area contributed by atoms with Crippen molar-refractivity contribution in [3.05, 3.63) is 30.3 Å². The minimum Gasteiger partial charge on any atom is -0.274 e. The first-order valence-corrected chi connectivity index (χ1v) is 15.2. The third kappa shape index (κ3) is 2.59. The summed E-state index contributed by atoms with van der Waals surface area (Å²) >= 11 is 0. The summed E-state index contributed by atoms with van der Waals surface area (Å²) in [6.07, 6.45) is 3.22. The second-order valence-electron chi connectivity index (χ2n) is 10.5. The van der Waals surface area contributed by atoms with Gasteiger partial charge >= 0.3 is 0 Å². The van der Waals surface area contributed by atoms with Crippen molar-refractivity contribution in [3.63, 3.8) is 0 Å². The van der Waals surface area contributed by atoms with Gasteiger partial charge in [-0.2, -0.15) is 0 Å². The van der Waals surface area contributed by atoms with E-state index in [0.29, 0.717) is 12.3 Å². The molecule has 1 aromatic carbocycles. The van der Waals surface area contributed by atoms with Gasteiger partial charge in [0.05, 0.1) is 19.9 Å². The molecule has 4 rings (SSSR count). The third-order valence-electron chi connectivity index (χ3n) is 8.89. The zero-order valence-corrected chi connectivity index (χ0v) is 19.6. The molecule has 2 saturated carbocycles. The summed E-state index contributed by atoms with van der Waals surface area (Å²) < 4.78 is 27.6. The Bertz CT molecular complexity index is 896. The molecule has 1 heterocycles. The van der Waals surface area contributed by atoms with Gasteiger partial charge in [-0.15, -0.1) is 0 Å². The van der Waals surface area contributed by atoms with E-state index in [0.717, 1.165) is 19.3 Å². The Morgan fingerprint density at radius 2 is 1.89 bits per heavy atom. The van der Waals surface area contributed by atoms with Crippen molar-refractivity contribution in [1.29, 1.82) is 0 Å². The number of amides is 1. The number of hydrogen-bond acceptors (Lipinski definition) is 3. The van der Waals surface area contributed by atoms with Crippen LogP contribution in [0, 0.1) is 16.7 Å². The lowest BCUT2D eigenvalue weighted by molar-refractivity contribution is -0.129. The minimum atomic E-state index is -3.52. The molecular formula is C22H33NO3SSi. The predicted octanol–water partition coefficient (Wildman–Crippen LogP) is 3.75. The Kier molecular flexibility index (Phi) is 4.44. The molecule has 1 amide bonds. The number of carbonyl (C=O) groups is 1. The Balaban J connectivity index is 1.59. The van der Waals surface area contributed by atoms with Crippen molar-refractivity contribution in [2.45, 2.75) is 71.1 Å². The molecule has 0 radical (unpaired) electrons. The van der Waals surface area contributed by atoms with Crippen molar-refractivity contribution < 1.29 is 13.2 Å². The average molecular weight is 420 g/mol. The van der Waals surface area contributed by atoms with Gasteiger partial charge in [-0.05, 0) is 36.1 Å². The molecule has 1 saturated heterocycles. The number of nitrogens with zero attached hydrogens (tertiary/aromatic N) is 1. The normalized spacial score (nSPS) is 33.7. The Morgan fingerprint density at radius 3 is 2.50 bits per heavy atom. The van der Waals surface area contributed by atoms with E-state index in [9.17, 15) is 13.2 Å². The van der Waals surface area contributed by atoms with E-state index in [1.807, 2.05) is 18.2 Å². The highest BCUT2D eigenvalue weighted by Crippen LogP contribution is 2.70. The maximum atomic E-state index is 13.3. The molecule has 1 aromatic rings. The highest BCUT2D eigenvalue weighted by molar-refractivity contribution is 7.90. The van der Waals surface area contributed by atoms with E-state index >= 15 is 0 Å². The number of carbonyl (C=O) groups excluding carboxylic acids is 1. The molecule has 154 valence electrons. The summed E-state index contributed by atoms with van der Waals surface area (Å²) in [5, 5.41) is 1.32. The van der Waals surface area contributed by atoms with Crippen LogP contribution < -0.4 is 5.19 Å². The fraction of sp³-hybridized carbons (Fsp3) is 0.682. The first kappa shape index (κ1) is 20.1. The molecule has 2 bridgehead atoms. The molecule has 3 aliphatic rings. The predicted molar refractivity (Wildman–Crippen MR) is 116 cm³/mol. The van der Waals surface area contributed by atoms with Crippen LogP contribution >= 0.6 is 0 Å². The van der Waals surface area contributed by atoms with E-state index in [1.165, 1.54) is 9.49 Å². The van der Waals surface area contributed by atoms with Gasteiger partial charge in [-0.1, -0.05) is 69.4 Å². The highest BCUT2D eigenvalue weighted by atomic mass is 32.2. The number of benzene rings is 1. The van der Waals surface area contributed by atoms with Crippen LogP contribution in [0.2, 0.25) is 18.6 Å². The first-order chi connectivity index (χ1) is 12.9. The van der Waals surface area contributed by atoms with Crippen molar-refractivity contribution in [1.82, 2.24) is 4.31 Å². The SMILES string of the molecule is C[C@H](CC(=O)N1[C@H]2C[C@@H]3CC[C@@]2(CS1(=O)=O)C3(C)C)[Si](C)(C)c1ccccc1. The van der Waals surface area contributed by atoms with Crippen molar-refractivity contribution in [2.24, 2.45) is 16.7 Å². The molecule has 3 fully saturated rings. The maximum Gasteiger partial charge on any atom is 0.238 e. The van der Waals surface area contributed by atoms with Gasteiger partial charge in [-0.25, -0.2) is 12.7 Å². The summed E-state index contributed by atoms with van der Waals surface area (Å²) in [6, 6.07) is 10.3. The fourth-order valence-electron chi connectivity index (χ4n) is 6.38. The van der Waals surface area contributed by atoms with Crippen LogP contribution in [0.25, 0.3) is 0 Å². The number of sulfonamides is 1. The Hall–Kier alpha value is -1.14. The Morgan fingerprint density at radius 1 is 1.25 bits per heavy atom. The first-order valence-electron chi connectivity index (χ1n) is 10.5. The van der Waals surface area contributed by atoms with Crippen LogP contribution in [0.15, 0.2) is 30.3 Å². The topological polar surface area (TPSA) is 54.5 Å². The van der Waals surface area contributed by atoms with Crippen LogP contribution in [0.5, 0.6) is 0 Å². The van der Waals surface area contributed by atoms with Crippen LogP contribution in [-0.4, -0.2) is 38.5 Å². The third-order valence-corrected chi connectivity index (χ3v) is 15.3. The zero-order chi connectivity index (χ0) is 20.5. The molecule has 0 unspecified atom stereocenters. The highest BCUT2D eigenvalue weighted by Gasteiger charge is 2.72.